The van der Waals surface area contributed by atoms with E-state index < -0.39 is 0 Å². The Labute approximate surface area is 167 Å². The number of hydrogen-bond acceptors (Lipinski definition) is 4. The fourth-order valence-corrected chi connectivity index (χ4v) is 3.42. The number of hydrogen-bond donors (Lipinski definition) is 1. The van der Waals surface area contributed by atoms with Crippen LogP contribution in [-0.4, -0.2) is 22.4 Å². The van der Waals surface area contributed by atoms with Crippen molar-refractivity contribution in [3.63, 3.8) is 0 Å². The van der Waals surface area contributed by atoms with E-state index in [0.717, 1.165) is 30.9 Å². The molecule has 1 aliphatic heterocycles. The van der Waals surface area contributed by atoms with Crippen molar-refractivity contribution in [3.05, 3.63) is 76.2 Å². The van der Waals surface area contributed by atoms with E-state index in [1.807, 2.05) is 12.1 Å². The molecule has 1 amide bonds. The first-order valence-corrected chi connectivity index (χ1v) is 9.31. The second kappa shape index (κ2) is 7.55. The second-order valence-corrected chi connectivity index (χ2v) is 7.04. The summed E-state index contributed by atoms with van der Waals surface area (Å²) < 4.78 is 0. The van der Waals surface area contributed by atoms with Gasteiger partial charge in [0, 0.05) is 17.9 Å². The van der Waals surface area contributed by atoms with Gasteiger partial charge in [0.25, 0.3) is 5.91 Å². The van der Waals surface area contributed by atoms with E-state index in [2.05, 4.69) is 32.3 Å². The molecule has 5 nitrogen and oxygen atoms in total. The second-order valence-electron chi connectivity index (χ2n) is 6.23. The number of aromatic nitrogens is 2. The number of halogens is 2. The molecule has 0 fully saturated rings. The first-order chi connectivity index (χ1) is 13.1. The Morgan fingerprint density at radius 2 is 1.89 bits per heavy atom. The average molecular weight is 399 g/mol. The maximum atomic E-state index is 12.4. The van der Waals surface area contributed by atoms with Gasteiger partial charge in [0.1, 0.15) is 5.69 Å². The van der Waals surface area contributed by atoms with Crippen molar-refractivity contribution in [2.24, 2.45) is 0 Å². The van der Waals surface area contributed by atoms with Crippen molar-refractivity contribution in [3.8, 4) is 0 Å². The summed E-state index contributed by atoms with van der Waals surface area (Å²) in [6.07, 6.45) is 5.23. The SMILES string of the molecule is O=C(Nc1ccc(Cl)c(Cl)c1)c1cnc(N2CCCc3ccccc32)cn1. The lowest BCUT2D eigenvalue weighted by molar-refractivity contribution is 0.102. The van der Waals surface area contributed by atoms with E-state index in [-0.39, 0.29) is 11.6 Å². The molecule has 2 heterocycles. The van der Waals surface area contributed by atoms with Crippen LogP contribution in [0.5, 0.6) is 0 Å². The molecular weight excluding hydrogens is 383 g/mol. The molecule has 7 heteroatoms. The fraction of sp³-hybridized carbons (Fsp3) is 0.150. The van der Waals surface area contributed by atoms with Gasteiger partial charge in [-0.05, 0) is 42.7 Å². The molecule has 0 saturated heterocycles. The Morgan fingerprint density at radius 3 is 2.67 bits per heavy atom. The largest absolute Gasteiger partial charge is 0.325 e. The van der Waals surface area contributed by atoms with E-state index in [9.17, 15) is 4.79 Å². The molecule has 0 saturated carbocycles. The van der Waals surface area contributed by atoms with E-state index >= 15 is 0 Å². The molecule has 1 aliphatic rings. The molecule has 2 aromatic carbocycles. The molecule has 27 heavy (non-hydrogen) atoms. The van der Waals surface area contributed by atoms with Gasteiger partial charge in [-0.2, -0.15) is 0 Å². The van der Waals surface area contributed by atoms with E-state index in [1.54, 1.807) is 24.4 Å². The smallest absolute Gasteiger partial charge is 0.275 e. The van der Waals surface area contributed by atoms with Crippen molar-refractivity contribution >= 4 is 46.3 Å². The maximum Gasteiger partial charge on any atom is 0.275 e. The highest BCUT2D eigenvalue weighted by molar-refractivity contribution is 6.42. The minimum atomic E-state index is -0.355. The zero-order valence-corrected chi connectivity index (χ0v) is 15.8. The molecule has 0 spiro atoms. The van der Waals surface area contributed by atoms with E-state index in [0.29, 0.717) is 15.7 Å². The number of benzene rings is 2. The molecule has 0 atom stereocenters. The Balaban J connectivity index is 1.52. The molecule has 3 aromatic rings. The minimum Gasteiger partial charge on any atom is -0.325 e. The number of aryl methyl sites for hydroxylation is 1. The average Bonchev–Trinajstić information content (AvgIpc) is 2.70. The molecule has 0 bridgehead atoms. The molecule has 0 unspecified atom stereocenters. The predicted octanol–water partition coefficient (Wildman–Crippen LogP) is 5.12. The number of nitrogens with zero attached hydrogens (tertiary/aromatic N) is 3. The molecule has 4 rings (SSSR count). The van der Waals surface area contributed by atoms with Crippen LogP contribution in [0.3, 0.4) is 0 Å². The Kier molecular flexibility index (Phi) is 4.97. The molecule has 0 radical (unpaired) electrons. The summed E-state index contributed by atoms with van der Waals surface area (Å²) >= 11 is 11.9. The van der Waals surface area contributed by atoms with Gasteiger partial charge >= 0.3 is 0 Å². The fourth-order valence-electron chi connectivity index (χ4n) is 3.12. The van der Waals surface area contributed by atoms with Crippen LogP contribution in [0.25, 0.3) is 0 Å². The molecule has 1 N–H and O–H groups in total. The first kappa shape index (κ1) is 17.8. The van der Waals surface area contributed by atoms with Gasteiger partial charge in [-0.25, -0.2) is 9.97 Å². The lowest BCUT2D eigenvalue weighted by Gasteiger charge is -2.30. The molecular formula is C20H16Cl2N4O. The van der Waals surface area contributed by atoms with E-state index in [4.69, 9.17) is 23.2 Å². The topological polar surface area (TPSA) is 58.1 Å². The molecule has 0 aliphatic carbocycles. The van der Waals surface area contributed by atoms with Gasteiger partial charge in [-0.15, -0.1) is 0 Å². The summed E-state index contributed by atoms with van der Waals surface area (Å²) in [5, 5.41) is 3.55. The Bertz CT molecular complexity index is 992. The first-order valence-electron chi connectivity index (χ1n) is 8.56. The summed E-state index contributed by atoms with van der Waals surface area (Å²) in [4.78, 5) is 23.3. The van der Waals surface area contributed by atoms with Gasteiger partial charge in [0.15, 0.2) is 5.82 Å². The number of carbonyl (C=O) groups excluding carboxylic acids is 1. The summed E-state index contributed by atoms with van der Waals surface area (Å²) in [6, 6.07) is 13.2. The van der Waals surface area contributed by atoms with Crippen LogP contribution in [-0.2, 0) is 6.42 Å². The number of rotatable bonds is 3. The van der Waals surface area contributed by atoms with Gasteiger partial charge in [-0.3, -0.25) is 4.79 Å². The zero-order valence-electron chi connectivity index (χ0n) is 14.3. The standard InChI is InChI=1S/C20H16Cl2N4O/c21-15-8-7-14(10-16(15)22)25-20(27)17-11-24-19(12-23-17)26-9-3-5-13-4-1-2-6-18(13)26/h1-2,4,6-8,10-12H,3,5,9H2,(H,25,27). The number of amides is 1. The van der Waals surface area contributed by atoms with Crippen molar-refractivity contribution < 1.29 is 4.79 Å². The van der Waals surface area contributed by atoms with Crippen LogP contribution in [0.4, 0.5) is 17.2 Å². The lowest BCUT2D eigenvalue weighted by Crippen LogP contribution is -2.25. The predicted molar refractivity (Wildman–Crippen MR) is 108 cm³/mol. The van der Waals surface area contributed by atoms with Crippen molar-refractivity contribution in [2.45, 2.75) is 12.8 Å². The van der Waals surface area contributed by atoms with Gasteiger partial charge in [0.2, 0.25) is 0 Å². The van der Waals surface area contributed by atoms with Crippen molar-refractivity contribution in [1.29, 1.82) is 0 Å². The third-order valence-electron chi connectivity index (χ3n) is 4.44. The lowest BCUT2D eigenvalue weighted by atomic mass is 10.0. The summed E-state index contributed by atoms with van der Waals surface area (Å²) in [5.74, 6) is 0.375. The van der Waals surface area contributed by atoms with Gasteiger partial charge in [-0.1, -0.05) is 41.4 Å². The number of fused-ring (bicyclic) bond motifs is 1. The highest BCUT2D eigenvalue weighted by Gasteiger charge is 2.19. The van der Waals surface area contributed by atoms with Crippen molar-refractivity contribution in [2.75, 3.05) is 16.8 Å². The van der Waals surface area contributed by atoms with Gasteiger partial charge in [0.05, 0.1) is 22.4 Å². The number of carbonyl (C=O) groups is 1. The van der Waals surface area contributed by atoms with Crippen LogP contribution in [0.2, 0.25) is 10.0 Å². The van der Waals surface area contributed by atoms with Crippen molar-refractivity contribution in [1.82, 2.24) is 9.97 Å². The zero-order chi connectivity index (χ0) is 18.8. The van der Waals surface area contributed by atoms with Crippen LogP contribution >= 0.6 is 23.2 Å². The third-order valence-corrected chi connectivity index (χ3v) is 5.17. The molecule has 136 valence electrons. The van der Waals surface area contributed by atoms with E-state index in [1.165, 1.54) is 11.8 Å². The monoisotopic (exact) mass is 398 g/mol. The number of para-hydroxylation sites is 1. The number of nitrogens with one attached hydrogen (secondary N) is 1. The summed E-state index contributed by atoms with van der Waals surface area (Å²) in [7, 11) is 0. The van der Waals surface area contributed by atoms with Crippen LogP contribution in [0.15, 0.2) is 54.9 Å². The van der Waals surface area contributed by atoms with Crippen LogP contribution in [0.1, 0.15) is 22.5 Å². The minimum absolute atomic E-state index is 0.232. The Hall–Kier alpha value is -2.63. The normalized spacial score (nSPS) is 13.2. The van der Waals surface area contributed by atoms with Gasteiger partial charge < -0.3 is 10.2 Å². The molecule has 1 aromatic heterocycles. The summed E-state index contributed by atoms with van der Waals surface area (Å²) in [5.41, 5.74) is 3.22. The number of anilines is 3. The van der Waals surface area contributed by atoms with Crippen LogP contribution in [0, 0.1) is 0 Å². The quantitative estimate of drug-likeness (QED) is 0.664. The third kappa shape index (κ3) is 3.75. The highest BCUT2D eigenvalue weighted by atomic mass is 35.5. The summed E-state index contributed by atoms with van der Waals surface area (Å²) in [6.45, 7) is 0.876. The maximum absolute atomic E-state index is 12.4. The highest BCUT2D eigenvalue weighted by Crippen LogP contribution is 2.31. The van der Waals surface area contributed by atoms with Crippen LogP contribution < -0.4 is 10.2 Å². The Morgan fingerprint density at radius 1 is 1.04 bits per heavy atom.